The highest BCUT2D eigenvalue weighted by molar-refractivity contribution is 9.10. The van der Waals surface area contributed by atoms with Crippen LogP contribution in [0.2, 0.25) is 0 Å². The molecule has 1 aliphatic heterocycles. The summed E-state index contributed by atoms with van der Waals surface area (Å²) in [5.41, 5.74) is 0.587. The fourth-order valence-corrected chi connectivity index (χ4v) is 4.20. The number of aliphatic hydroxyl groups is 1. The van der Waals surface area contributed by atoms with Gasteiger partial charge in [-0.2, -0.15) is 4.31 Å². The Bertz CT molecular complexity index is 569. The molecule has 0 bridgehead atoms. The van der Waals surface area contributed by atoms with Crippen LogP contribution in [0.15, 0.2) is 39.7 Å². The van der Waals surface area contributed by atoms with Gasteiger partial charge in [0.25, 0.3) is 0 Å². The molecule has 0 saturated heterocycles. The van der Waals surface area contributed by atoms with E-state index in [-0.39, 0.29) is 11.5 Å². The van der Waals surface area contributed by atoms with E-state index in [1.165, 1.54) is 10.4 Å². The molecule has 0 amide bonds. The minimum atomic E-state index is -3.50. The second-order valence-corrected chi connectivity index (χ2v) is 6.81. The lowest BCUT2D eigenvalue weighted by atomic mass is 10.2. The number of nitrogens with zero attached hydrogens (tertiary/aromatic N) is 1. The van der Waals surface area contributed by atoms with Gasteiger partial charge >= 0.3 is 0 Å². The fraction of sp³-hybridized carbons (Fsp3) is 0.333. The van der Waals surface area contributed by atoms with Crippen LogP contribution in [0.25, 0.3) is 0 Å². The number of halogens is 1. The zero-order chi connectivity index (χ0) is 13.2. The van der Waals surface area contributed by atoms with E-state index in [1.807, 2.05) is 12.2 Å². The van der Waals surface area contributed by atoms with Gasteiger partial charge in [0.2, 0.25) is 10.0 Å². The Morgan fingerprint density at radius 2 is 2.11 bits per heavy atom. The van der Waals surface area contributed by atoms with Crippen LogP contribution in [0.5, 0.6) is 0 Å². The maximum Gasteiger partial charge on any atom is 0.244 e. The quantitative estimate of drug-likeness (QED) is 0.860. The molecule has 1 N–H and O–H groups in total. The van der Waals surface area contributed by atoms with Gasteiger partial charge in [-0.05, 0) is 40.0 Å². The number of rotatable bonds is 3. The minimum absolute atomic E-state index is 0.171. The summed E-state index contributed by atoms with van der Waals surface area (Å²) in [6.45, 7) is 0.725. The minimum Gasteiger partial charge on any atom is -0.392 e. The molecule has 0 spiro atoms. The summed E-state index contributed by atoms with van der Waals surface area (Å²) in [5.74, 6) is 0. The number of hydrogen-bond acceptors (Lipinski definition) is 3. The lowest BCUT2D eigenvalue weighted by Crippen LogP contribution is -2.34. The topological polar surface area (TPSA) is 57.6 Å². The van der Waals surface area contributed by atoms with Crippen LogP contribution in [0.4, 0.5) is 0 Å². The van der Waals surface area contributed by atoms with Gasteiger partial charge in [0, 0.05) is 17.6 Å². The highest BCUT2D eigenvalue weighted by Gasteiger charge is 2.26. The molecule has 2 rings (SSSR count). The van der Waals surface area contributed by atoms with Crippen LogP contribution in [-0.2, 0) is 16.6 Å². The SMILES string of the molecule is O=S(=O)(c1cc(CO)ccc1Br)N1CC=CCC1. The first kappa shape index (κ1) is 13.7. The molecule has 0 atom stereocenters. The van der Waals surface area contributed by atoms with Gasteiger partial charge < -0.3 is 5.11 Å². The first-order valence-corrected chi connectivity index (χ1v) is 7.83. The van der Waals surface area contributed by atoms with E-state index in [9.17, 15) is 8.42 Å². The van der Waals surface area contributed by atoms with Gasteiger partial charge in [-0.15, -0.1) is 0 Å². The third-order valence-corrected chi connectivity index (χ3v) is 5.68. The number of aliphatic hydroxyl groups excluding tert-OH is 1. The third-order valence-electron chi connectivity index (χ3n) is 2.82. The molecule has 0 saturated carbocycles. The van der Waals surface area contributed by atoms with Crippen molar-refractivity contribution >= 4 is 26.0 Å². The zero-order valence-electron chi connectivity index (χ0n) is 9.71. The second kappa shape index (κ2) is 5.52. The molecule has 0 radical (unpaired) electrons. The summed E-state index contributed by atoms with van der Waals surface area (Å²) >= 11 is 3.26. The lowest BCUT2D eigenvalue weighted by molar-refractivity contribution is 0.281. The Labute approximate surface area is 115 Å². The second-order valence-electron chi connectivity index (χ2n) is 4.05. The fourth-order valence-electron chi connectivity index (χ4n) is 1.82. The third kappa shape index (κ3) is 2.66. The van der Waals surface area contributed by atoms with Crippen molar-refractivity contribution < 1.29 is 13.5 Å². The summed E-state index contributed by atoms with van der Waals surface area (Å²) < 4.78 is 26.9. The van der Waals surface area contributed by atoms with Crippen molar-refractivity contribution in [1.82, 2.24) is 4.31 Å². The highest BCUT2D eigenvalue weighted by Crippen LogP contribution is 2.27. The van der Waals surface area contributed by atoms with Crippen LogP contribution in [-0.4, -0.2) is 30.9 Å². The maximum absolute atomic E-state index is 12.5. The van der Waals surface area contributed by atoms with E-state index in [0.717, 1.165) is 6.42 Å². The number of benzene rings is 1. The van der Waals surface area contributed by atoms with Crippen LogP contribution in [0, 0.1) is 0 Å². The van der Waals surface area contributed by atoms with E-state index >= 15 is 0 Å². The number of sulfonamides is 1. The molecule has 18 heavy (non-hydrogen) atoms. The molecule has 1 heterocycles. The smallest absolute Gasteiger partial charge is 0.244 e. The molecule has 4 nitrogen and oxygen atoms in total. The zero-order valence-corrected chi connectivity index (χ0v) is 12.1. The average molecular weight is 332 g/mol. The molecule has 0 fully saturated rings. The van der Waals surface area contributed by atoms with Gasteiger partial charge in [-0.3, -0.25) is 0 Å². The normalized spacial score (nSPS) is 17.0. The number of hydrogen-bond donors (Lipinski definition) is 1. The van der Waals surface area contributed by atoms with Crippen molar-refractivity contribution in [2.75, 3.05) is 13.1 Å². The summed E-state index contributed by atoms with van der Waals surface area (Å²) in [6, 6.07) is 4.86. The van der Waals surface area contributed by atoms with E-state index in [0.29, 0.717) is 23.1 Å². The molecule has 1 aliphatic rings. The van der Waals surface area contributed by atoms with Crippen LogP contribution in [0.1, 0.15) is 12.0 Å². The summed E-state index contributed by atoms with van der Waals surface area (Å²) in [7, 11) is -3.50. The van der Waals surface area contributed by atoms with Crippen molar-refractivity contribution in [2.45, 2.75) is 17.9 Å². The van der Waals surface area contributed by atoms with Gasteiger partial charge in [0.05, 0.1) is 11.5 Å². The largest absolute Gasteiger partial charge is 0.392 e. The molecule has 1 aromatic rings. The standard InChI is InChI=1S/C12H14BrNO3S/c13-11-5-4-10(9-15)8-12(11)18(16,17)14-6-2-1-3-7-14/h1-2,4-5,8,15H,3,6-7,9H2. The molecular formula is C12H14BrNO3S. The predicted molar refractivity (Wildman–Crippen MR) is 72.6 cm³/mol. The van der Waals surface area contributed by atoms with Gasteiger partial charge in [-0.25, -0.2) is 8.42 Å². The summed E-state index contributed by atoms with van der Waals surface area (Å²) in [6.07, 6.45) is 4.56. The molecule has 1 aromatic carbocycles. The van der Waals surface area contributed by atoms with E-state index < -0.39 is 10.0 Å². The monoisotopic (exact) mass is 331 g/mol. The summed E-state index contributed by atoms with van der Waals surface area (Å²) in [5, 5.41) is 9.09. The Balaban J connectivity index is 2.43. The van der Waals surface area contributed by atoms with Gasteiger partial charge in [-0.1, -0.05) is 18.2 Å². The molecule has 0 unspecified atom stereocenters. The molecule has 0 aliphatic carbocycles. The molecule has 0 aromatic heterocycles. The maximum atomic E-state index is 12.5. The van der Waals surface area contributed by atoms with Crippen LogP contribution >= 0.6 is 15.9 Å². The lowest BCUT2D eigenvalue weighted by Gasteiger charge is -2.23. The Kier molecular flexibility index (Phi) is 4.21. The predicted octanol–water partition coefficient (Wildman–Crippen LogP) is 1.89. The molecule has 6 heteroatoms. The van der Waals surface area contributed by atoms with Crippen molar-refractivity contribution in [2.24, 2.45) is 0 Å². The first-order valence-electron chi connectivity index (χ1n) is 5.60. The Morgan fingerprint density at radius 3 is 2.72 bits per heavy atom. The average Bonchev–Trinajstić information content (AvgIpc) is 2.40. The molecular weight excluding hydrogens is 318 g/mol. The van der Waals surface area contributed by atoms with Crippen LogP contribution < -0.4 is 0 Å². The van der Waals surface area contributed by atoms with Crippen molar-refractivity contribution in [3.05, 3.63) is 40.4 Å². The summed E-state index contributed by atoms with van der Waals surface area (Å²) in [4.78, 5) is 0.212. The van der Waals surface area contributed by atoms with E-state index in [4.69, 9.17) is 5.11 Å². The van der Waals surface area contributed by atoms with Crippen LogP contribution in [0.3, 0.4) is 0 Å². The first-order chi connectivity index (χ1) is 8.55. The van der Waals surface area contributed by atoms with Crippen molar-refractivity contribution in [1.29, 1.82) is 0 Å². The van der Waals surface area contributed by atoms with Gasteiger partial charge in [0.15, 0.2) is 0 Å². The Morgan fingerprint density at radius 1 is 1.33 bits per heavy atom. The van der Waals surface area contributed by atoms with Gasteiger partial charge in [0.1, 0.15) is 0 Å². The van der Waals surface area contributed by atoms with E-state index in [1.54, 1.807) is 12.1 Å². The Hall–Kier alpha value is -0.690. The van der Waals surface area contributed by atoms with Crippen molar-refractivity contribution in [3.63, 3.8) is 0 Å². The highest BCUT2D eigenvalue weighted by atomic mass is 79.9. The molecule has 98 valence electrons. The van der Waals surface area contributed by atoms with E-state index in [2.05, 4.69) is 15.9 Å². The van der Waals surface area contributed by atoms with Crippen molar-refractivity contribution in [3.8, 4) is 0 Å².